The van der Waals surface area contributed by atoms with Crippen LogP contribution < -0.4 is 0 Å². The van der Waals surface area contributed by atoms with E-state index >= 15 is 0 Å². The number of hydrogen-bond donors (Lipinski definition) is 0. The Morgan fingerprint density at radius 2 is 1.76 bits per heavy atom. The van der Waals surface area contributed by atoms with Crippen molar-refractivity contribution < 1.29 is 4.42 Å². The number of furan rings is 1. The SMILES string of the molecule is Cc1cc(C)c2c(Sc3cccc(Cl)c3)c(C)oc2c1C. The van der Waals surface area contributed by atoms with Crippen LogP contribution in [0.3, 0.4) is 0 Å². The van der Waals surface area contributed by atoms with Crippen molar-refractivity contribution in [1.29, 1.82) is 0 Å². The summed E-state index contributed by atoms with van der Waals surface area (Å²) in [6.07, 6.45) is 0. The lowest BCUT2D eigenvalue weighted by atomic mass is 10.0. The summed E-state index contributed by atoms with van der Waals surface area (Å²) in [6.45, 7) is 8.42. The Kier molecular flexibility index (Phi) is 3.76. The molecule has 0 aliphatic rings. The summed E-state index contributed by atoms with van der Waals surface area (Å²) >= 11 is 7.80. The Bertz CT molecular complexity index is 833. The van der Waals surface area contributed by atoms with E-state index in [0.29, 0.717) is 0 Å². The first-order valence-corrected chi connectivity index (χ1v) is 8.10. The molecule has 0 unspecified atom stereocenters. The van der Waals surface area contributed by atoms with Crippen LogP contribution in [0.2, 0.25) is 5.02 Å². The molecule has 0 radical (unpaired) electrons. The van der Waals surface area contributed by atoms with Crippen LogP contribution in [0.15, 0.2) is 44.5 Å². The van der Waals surface area contributed by atoms with Gasteiger partial charge in [0, 0.05) is 15.3 Å². The second-order valence-electron chi connectivity index (χ2n) is 5.39. The van der Waals surface area contributed by atoms with Gasteiger partial charge in [-0.15, -0.1) is 0 Å². The third kappa shape index (κ3) is 2.58. The maximum absolute atomic E-state index is 6.08. The zero-order valence-electron chi connectivity index (χ0n) is 12.6. The average molecular weight is 317 g/mol. The molecular formula is C18H17ClOS. The Hall–Kier alpha value is -1.38. The fourth-order valence-electron chi connectivity index (χ4n) is 2.61. The smallest absolute Gasteiger partial charge is 0.138 e. The third-order valence-corrected chi connectivity index (χ3v) is 5.22. The number of benzene rings is 2. The van der Waals surface area contributed by atoms with Crippen molar-refractivity contribution >= 4 is 34.3 Å². The molecule has 21 heavy (non-hydrogen) atoms. The van der Waals surface area contributed by atoms with Crippen molar-refractivity contribution in [3.8, 4) is 0 Å². The summed E-state index contributed by atoms with van der Waals surface area (Å²) in [4.78, 5) is 2.32. The Balaban J connectivity index is 2.19. The van der Waals surface area contributed by atoms with E-state index in [1.54, 1.807) is 11.8 Å². The largest absolute Gasteiger partial charge is 0.460 e. The van der Waals surface area contributed by atoms with Crippen LogP contribution in [-0.4, -0.2) is 0 Å². The molecule has 0 aliphatic carbocycles. The molecule has 0 spiro atoms. The average Bonchev–Trinajstić information content (AvgIpc) is 2.74. The van der Waals surface area contributed by atoms with Crippen molar-refractivity contribution in [2.45, 2.75) is 37.5 Å². The van der Waals surface area contributed by atoms with Gasteiger partial charge in [0.15, 0.2) is 0 Å². The van der Waals surface area contributed by atoms with Gasteiger partial charge in [-0.3, -0.25) is 0 Å². The van der Waals surface area contributed by atoms with E-state index in [0.717, 1.165) is 21.3 Å². The molecule has 0 bridgehead atoms. The summed E-state index contributed by atoms with van der Waals surface area (Å²) in [5.41, 5.74) is 4.76. The number of aryl methyl sites for hydroxylation is 4. The molecule has 0 saturated carbocycles. The molecule has 3 aromatic rings. The van der Waals surface area contributed by atoms with E-state index in [9.17, 15) is 0 Å². The van der Waals surface area contributed by atoms with Crippen LogP contribution in [0, 0.1) is 27.7 Å². The predicted molar refractivity (Wildman–Crippen MR) is 90.7 cm³/mol. The van der Waals surface area contributed by atoms with Gasteiger partial charge in [0.05, 0.1) is 4.90 Å². The molecule has 3 rings (SSSR count). The highest BCUT2D eigenvalue weighted by atomic mass is 35.5. The Labute approximate surface area is 134 Å². The van der Waals surface area contributed by atoms with Gasteiger partial charge in [0.1, 0.15) is 11.3 Å². The minimum absolute atomic E-state index is 0.759. The number of fused-ring (bicyclic) bond motifs is 1. The van der Waals surface area contributed by atoms with Gasteiger partial charge in [-0.1, -0.05) is 35.5 Å². The fourth-order valence-corrected chi connectivity index (χ4v) is 3.97. The molecular weight excluding hydrogens is 300 g/mol. The molecule has 0 atom stereocenters. The molecule has 0 N–H and O–H groups in total. The molecule has 0 fully saturated rings. The van der Waals surface area contributed by atoms with Crippen LogP contribution in [-0.2, 0) is 0 Å². The Morgan fingerprint density at radius 1 is 1.00 bits per heavy atom. The van der Waals surface area contributed by atoms with E-state index in [-0.39, 0.29) is 0 Å². The van der Waals surface area contributed by atoms with Crippen molar-refractivity contribution in [2.24, 2.45) is 0 Å². The van der Waals surface area contributed by atoms with Gasteiger partial charge in [-0.05, 0) is 62.6 Å². The number of hydrogen-bond acceptors (Lipinski definition) is 2. The first-order chi connectivity index (χ1) is 9.97. The standard InChI is InChI=1S/C18H17ClOS/c1-10-8-11(2)16-17(12(10)3)20-13(4)18(16)21-15-7-5-6-14(19)9-15/h5-9H,1-4H3. The fraction of sp³-hybridized carbons (Fsp3) is 0.222. The minimum atomic E-state index is 0.759. The van der Waals surface area contributed by atoms with Gasteiger partial charge in [0.2, 0.25) is 0 Å². The van der Waals surface area contributed by atoms with Gasteiger partial charge < -0.3 is 4.42 Å². The molecule has 1 heterocycles. The zero-order valence-corrected chi connectivity index (χ0v) is 14.2. The summed E-state index contributed by atoms with van der Waals surface area (Å²) in [5.74, 6) is 0.965. The molecule has 0 aliphatic heterocycles. The second kappa shape index (κ2) is 5.43. The third-order valence-electron chi connectivity index (χ3n) is 3.80. The minimum Gasteiger partial charge on any atom is -0.460 e. The topological polar surface area (TPSA) is 13.1 Å². The summed E-state index contributed by atoms with van der Waals surface area (Å²) in [6, 6.07) is 10.2. The summed E-state index contributed by atoms with van der Waals surface area (Å²) in [7, 11) is 0. The van der Waals surface area contributed by atoms with E-state index in [1.165, 1.54) is 27.0 Å². The van der Waals surface area contributed by atoms with Crippen LogP contribution in [0.4, 0.5) is 0 Å². The lowest BCUT2D eigenvalue weighted by Crippen LogP contribution is -1.85. The lowest BCUT2D eigenvalue weighted by molar-refractivity contribution is 0.566. The summed E-state index contributed by atoms with van der Waals surface area (Å²) < 4.78 is 6.04. The second-order valence-corrected chi connectivity index (χ2v) is 6.91. The predicted octanol–water partition coefficient (Wildman–Crippen LogP) is 6.47. The Morgan fingerprint density at radius 3 is 2.48 bits per heavy atom. The van der Waals surface area contributed by atoms with Crippen LogP contribution in [0.5, 0.6) is 0 Å². The van der Waals surface area contributed by atoms with Gasteiger partial charge in [-0.25, -0.2) is 0 Å². The molecule has 0 amide bonds. The van der Waals surface area contributed by atoms with Crippen LogP contribution in [0.1, 0.15) is 22.5 Å². The van der Waals surface area contributed by atoms with Crippen molar-refractivity contribution in [3.05, 3.63) is 57.8 Å². The molecule has 3 heteroatoms. The van der Waals surface area contributed by atoms with Crippen molar-refractivity contribution in [2.75, 3.05) is 0 Å². The maximum Gasteiger partial charge on any atom is 0.138 e. The van der Waals surface area contributed by atoms with E-state index in [4.69, 9.17) is 16.0 Å². The van der Waals surface area contributed by atoms with Crippen LogP contribution >= 0.6 is 23.4 Å². The quantitative estimate of drug-likeness (QED) is 0.537. The molecule has 1 nitrogen and oxygen atoms in total. The van der Waals surface area contributed by atoms with Gasteiger partial charge in [-0.2, -0.15) is 0 Å². The summed E-state index contributed by atoms with van der Waals surface area (Å²) in [5, 5.41) is 1.98. The molecule has 2 aromatic carbocycles. The van der Waals surface area contributed by atoms with E-state index < -0.39 is 0 Å². The van der Waals surface area contributed by atoms with Crippen molar-refractivity contribution in [1.82, 2.24) is 0 Å². The number of rotatable bonds is 2. The zero-order chi connectivity index (χ0) is 15.1. The normalized spacial score (nSPS) is 11.3. The highest BCUT2D eigenvalue weighted by molar-refractivity contribution is 7.99. The first kappa shape index (κ1) is 14.6. The first-order valence-electron chi connectivity index (χ1n) is 6.90. The molecule has 0 saturated heterocycles. The molecule has 1 aromatic heterocycles. The number of halogens is 1. The highest BCUT2D eigenvalue weighted by Gasteiger charge is 2.17. The molecule has 108 valence electrons. The van der Waals surface area contributed by atoms with E-state index in [1.807, 2.05) is 25.1 Å². The van der Waals surface area contributed by atoms with E-state index in [2.05, 4.69) is 32.9 Å². The monoisotopic (exact) mass is 316 g/mol. The van der Waals surface area contributed by atoms with Gasteiger partial charge in [0.25, 0.3) is 0 Å². The van der Waals surface area contributed by atoms with Gasteiger partial charge >= 0.3 is 0 Å². The highest BCUT2D eigenvalue weighted by Crippen LogP contribution is 2.41. The van der Waals surface area contributed by atoms with Crippen molar-refractivity contribution in [3.63, 3.8) is 0 Å². The maximum atomic E-state index is 6.08. The van der Waals surface area contributed by atoms with Crippen LogP contribution in [0.25, 0.3) is 11.0 Å². The lowest BCUT2D eigenvalue weighted by Gasteiger charge is -2.06.